The van der Waals surface area contributed by atoms with Crippen molar-refractivity contribution in [2.45, 2.75) is 13.3 Å². The molecule has 0 heterocycles. The van der Waals surface area contributed by atoms with Gasteiger partial charge in [0.1, 0.15) is 17.6 Å². The van der Waals surface area contributed by atoms with Crippen LogP contribution in [0.3, 0.4) is 0 Å². The Labute approximate surface area is 111 Å². The first kappa shape index (κ1) is 14.6. The predicted molar refractivity (Wildman–Crippen MR) is 71.6 cm³/mol. The van der Waals surface area contributed by atoms with Crippen LogP contribution >= 0.6 is 0 Å². The van der Waals surface area contributed by atoms with Crippen LogP contribution in [0, 0.1) is 0 Å². The highest BCUT2D eigenvalue weighted by atomic mass is 16.5. The molecule has 5 nitrogen and oxygen atoms in total. The van der Waals surface area contributed by atoms with Crippen LogP contribution in [0.1, 0.15) is 13.3 Å². The first-order chi connectivity index (χ1) is 9.19. The SMILES string of the molecule is CCOC(=O)C(C=Nc1ccccc1)=C(O)CC=O. The van der Waals surface area contributed by atoms with E-state index in [1.165, 1.54) is 6.21 Å². The third-order valence-electron chi connectivity index (χ3n) is 2.18. The number of benzene rings is 1. The van der Waals surface area contributed by atoms with Crippen molar-refractivity contribution >= 4 is 24.2 Å². The van der Waals surface area contributed by atoms with E-state index in [1.54, 1.807) is 31.2 Å². The minimum Gasteiger partial charge on any atom is -0.511 e. The number of aliphatic hydroxyl groups is 1. The van der Waals surface area contributed by atoms with E-state index in [1.807, 2.05) is 6.07 Å². The number of aliphatic hydroxyl groups excluding tert-OH is 1. The Morgan fingerprint density at radius 2 is 2.05 bits per heavy atom. The van der Waals surface area contributed by atoms with E-state index in [0.717, 1.165) is 0 Å². The molecule has 0 aliphatic carbocycles. The summed E-state index contributed by atoms with van der Waals surface area (Å²) in [4.78, 5) is 26.1. The van der Waals surface area contributed by atoms with E-state index in [2.05, 4.69) is 4.99 Å². The molecule has 0 unspecified atom stereocenters. The van der Waals surface area contributed by atoms with E-state index in [4.69, 9.17) is 4.74 Å². The number of hydrogen-bond donors (Lipinski definition) is 1. The van der Waals surface area contributed by atoms with Crippen molar-refractivity contribution in [3.05, 3.63) is 41.7 Å². The van der Waals surface area contributed by atoms with Crippen molar-refractivity contribution in [3.8, 4) is 0 Å². The van der Waals surface area contributed by atoms with Crippen LogP contribution in [-0.2, 0) is 14.3 Å². The maximum atomic E-state index is 11.6. The average molecular weight is 261 g/mol. The van der Waals surface area contributed by atoms with Gasteiger partial charge in [0, 0.05) is 6.21 Å². The largest absolute Gasteiger partial charge is 0.511 e. The van der Waals surface area contributed by atoms with Gasteiger partial charge in [0.25, 0.3) is 0 Å². The van der Waals surface area contributed by atoms with Crippen molar-refractivity contribution in [1.82, 2.24) is 0 Å². The maximum absolute atomic E-state index is 11.6. The molecule has 0 spiro atoms. The summed E-state index contributed by atoms with van der Waals surface area (Å²) < 4.78 is 4.80. The van der Waals surface area contributed by atoms with Gasteiger partial charge in [-0.15, -0.1) is 0 Å². The molecule has 0 aromatic heterocycles. The van der Waals surface area contributed by atoms with Gasteiger partial charge in [0.15, 0.2) is 0 Å². The fraction of sp³-hybridized carbons (Fsp3) is 0.214. The minimum absolute atomic E-state index is 0.113. The second kappa shape index (κ2) is 7.81. The van der Waals surface area contributed by atoms with Gasteiger partial charge in [-0.1, -0.05) is 18.2 Å². The molecule has 0 saturated carbocycles. The van der Waals surface area contributed by atoms with Crippen LogP contribution < -0.4 is 0 Å². The molecular weight excluding hydrogens is 246 g/mol. The summed E-state index contributed by atoms with van der Waals surface area (Å²) in [5, 5.41) is 9.64. The summed E-state index contributed by atoms with van der Waals surface area (Å²) in [6, 6.07) is 8.93. The summed E-state index contributed by atoms with van der Waals surface area (Å²) in [7, 11) is 0. The molecule has 0 radical (unpaired) electrons. The highest BCUT2D eigenvalue weighted by Crippen LogP contribution is 2.12. The van der Waals surface area contributed by atoms with Crippen molar-refractivity contribution in [2.75, 3.05) is 6.61 Å². The molecule has 100 valence electrons. The summed E-state index contributed by atoms with van der Waals surface area (Å²) in [6.45, 7) is 1.83. The molecule has 0 aliphatic rings. The quantitative estimate of drug-likeness (QED) is 0.280. The number of carbonyl (C=O) groups excluding carboxylic acids is 2. The van der Waals surface area contributed by atoms with Gasteiger partial charge in [0.2, 0.25) is 0 Å². The van der Waals surface area contributed by atoms with Gasteiger partial charge in [-0.3, -0.25) is 4.99 Å². The van der Waals surface area contributed by atoms with Crippen molar-refractivity contribution in [1.29, 1.82) is 0 Å². The Bertz CT molecular complexity index is 491. The molecule has 19 heavy (non-hydrogen) atoms. The van der Waals surface area contributed by atoms with Gasteiger partial charge in [-0.2, -0.15) is 0 Å². The summed E-state index contributed by atoms with van der Waals surface area (Å²) in [5.41, 5.74) is 0.515. The standard InChI is InChI=1S/C14H15NO4/c1-2-19-14(18)12(13(17)8-9-16)10-15-11-6-4-3-5-7-11/h3-7,9-10,17H,2,8H2,1H3. The molecule has 1 aromatic rings. The van der Waals surface area contributed by atoms with Crippen LogP contribution in [0.25, 0.3) is 0 Å². The number of esters is 1. The van der Waals surface area contributed by atoms with Crippen molar-refractivity contribution < 1.29 is 19.4 Å². The Kier molecular flexibility index (Phi) is 6.02. The molecular formula is C14H15NO4. The summed E-state index contributed by atoms with van der Waals surface area (Å²) >= 11 is 0. The van der Waals surface area contributed by atoms with E-state index in [-0.39, 0.29) is 24.4 Å². The first-order valence-electron chi connectivity index (χ1n) is 5.81. The minimum atomic E-state index is -0.707. The Hall–Kier alpha value is -2.43. The zero-order valence-corrected chi connectivity index (χ0v) is 10.6. The topological polar surface area (TPSA) is 76.0 Å². The number of aliphatic imine (C=N–C) groups is 1. The maximum Gasteiger partial charge on any atom is 0.343 e. The number of rotatable bonds is 6. The van der Waals surface area contributed by atoms with E-state index >= 15 is 0 Å². The van der Waals surface area contributed by atoms with Gasteiger partial charge >= 0.3 is 5.97 Å². The molecule has 1 aromatic carbocycles. The monoisotopic (exact) mass is 261 g/mol. The third-order valence-corrected chi connectivity index (χ3v) is 2.18. The fourth-order valence-corrected chi connectivity index (χ4v) is 1.30. The first-order valence-corrected chi connectivity index (χ1v) is 5.81. The lowest BCUT2D eigenvalue weighted by molar-refractivity contribution is -0.138. The Balaban J connectivity index is 2.98. The van der Waals surface area contributed by atoms with Crippen LogP contribution in [0.15, 0.2) is 46.7 Å². The number of carbonyl (C=O) groups is 2. The molecule has 0 saturated heterocycles. The molecule has 0 aliphatic heterocycles. The van der Waals surface area contributed by atoms with Gasteiger partial charge in [0.05, 0.1) is 18.7 Å². The predicted octanol–water partition coefficient (Wildman–Crippen LogP) is 2.35. The average Bonchev–Trinajstić information content (AvgIpc) is 2.41. The highest BCUT2D eigenvalue weighted by molar-refractivity contribution is 6.10. The van der Waals surface area contributed by atoms with Crippen LogP contribution in [0.2, 0.25) is 0 Å². The number of nitrogens with zero attached hydrogens (tertiary/aromatic N) is 1. The smallest absolute Gasteiger partial charge is 0.343 e. The van der Waals surface area contributed by atoms with Crippen LogP contribution in [0.4, 0.5) is 5.69 Å². The molecule has 5 heteroatoms. The highest BCUT2D eigenvalue weighted by Gasteiger charge is 2.14. The Morgan fingerprint density at radius 1 is 1.37 bits per heavy atom. The van der Waals surface area contributed by atoms with Gasteiger partial charge in [-0.25, -0.2) is 4.79 Å². The van der Waals surface area contributed by atoms with E-state index in [9.17, 15) is 14.7 Å². The third kappa shape index (κ3) is 4.75. The lowest BCUT2D eigenvalue weighted by Crippen LogP contribution is -2.11. The lowest BCUT2D eigenvalue weighted by atomic mass is 10.2. The van der Waals surface area contributed by atoms with E-state index in [0.29, 0.717) is 12.0 Å². The van der Waals surface area contributed by atoms with Crippen molar-refractivity contribution in [2.24, 2.45) is 4.99 Å². The Morgan fingerprint density at radius 3 is 2.63 bits per heavy atom. The van der Waals surface area contributed by atoms with Crippen LogP contribution in [0.5, 0.6) is 0 Å². The molecule has 0 bridgehead atoms. The second-order valence-corrected chi connectivity index (χ2v) is 3.55. The number of ether oxygens (including phenoxy) is 1. The van der Waals surface area contributed by atoms with Crippen molar-refractivity contribution in [3.63, 3.8) is 0 Å². The number of hydrogen-bond acceptors (Lipinski definition) is 5. The number of aldehydes is 1. The molecule has 1 rings (SSSR count). The van der Waals surface area contributed by atoms with Gasteiger partial charge < -0.3 is 14.6 Å². The zero-order chi connectivity index (χ0) is 14.1. The summed E-state index contributed by atoms with van der Waals surface area (Å²) in [6.07, 6.45) is 1.45. The lowest BCUT2D eigenvalue weighted by Gasteiger charge is -2.04. The van der Waals surface area contributed by atoms with Crippen LogP contribution in [-0.4, -0.2) is 30.2 Å². The van der Waals surface area contributed by atoms with Gasteiger partial charge in [-0.05, 0) is 19.1 Å². The molecule has 0 atom stereocenters. The fourth-order valence-electron chi connectivity index (χ4n) is 1.30. The molecule has 0 fully saturated rings. The number of para-hydroxylation sites is 1. The molecule has 1 N–H and O–H groups in total. The number of allylic oxidation sites excluding steroid dienone is 1. The summed E-state index contributed by atoms with van der Waals surface area (Å²) in [5.74, 6) is -1.06. The second-order valence-electron chi connectivity index (χ2n) is 3.55. The normalized spacial score (nSPS) is 12.1. The van der Waals surface area contributed by atoms with E-state index < -0.39 is 5.97 Å². The molecule has 0 amide bonds. The zero-order valence-electron chi connectivity index (χ0n) is 10.6.